The summed E-state index contributed by atoms with van der Waals surface area (Å²) in [5, 5.41) is 6.29. The van der Waals surface area contributed by atoms with Gasteiger partial charge in [-0.15, -0.1) is 0 Å². The lowest BCUT2D eigenvalue weighted by Gasteiger charge is -2.34. The van der Waals surface area contributed by atoms with E-state index in [1.807, 2.05) is 6.07 Å². The van der Waals surface area contributed by atoms with Gasteiger partial charge in [-0.3, -0.25) is 0 Å². The van der Waals surface area contributed by atoms with Gasteiger partial charge in [0.15, 0.2) is 0 Å². The molecule has 1 aliphatic heterocycles. The fourth-order valence-corrected chi connectivity index (χ4v) is 5.98. The number of rotatable bonds is 6. The van der Waals surface area contributed by atoms with Gasteiger partial charge in [0, 0.05) is 10.8 Å². The predicted molar refractivity (Wildman–Crippen MR) is 157 cm³/mol. The number of aryl methyl sites for hydroxylation is 1. The highest BCUT2D eigenvalue weighted by molar-refractivity contribution is 6.05. The monoisotopic (exact) mass is 488 g/mol. The van der Waals surface area contributed by atoms with Gasteiger partial charge in [0.05, 0.1) is 17.1 Å². The first kappa shape index (κ1) is 23.7. The Labute approximate surface area is 220 Å². The summed E-state index contributed by atoms with van der Waals surface area (Å²) in [6, 6.07) is 28.7. The molecule has 1 aliphatic rings. The van der Waals surface area contributed by atoms with E-state index in [1.165, 1.54) is 50.1 Å². The maximum Gasteiger partial charge on any atom is 0.135 e. The number of nitrogens with one attached hydrogen (secondary N) is 1. The summed E-state index contributed by atoms with van der Waals surface area (Å²) < 4.78 is 6.30. The summed E-state index contributed by atoms with van der Waals surface area (Å²) in [6.45, 7) is 11.5. The zero-order chi connectivity index (χ0) is 25.7. The van der Waals surface area contributed by atoms with Gasteiger partial charge in [-0.1, -0.05) is 89.6 Å². The van der Waals surface area contributed by atoms with Crippen molar-refractivity contribution in [1.29, 1.82) is 0 Å². The highest BCUT2D eigenvalue weighted by atomic mass is 16.3. The first-order chi connectivity index (χ1) is 18.0. The van der Waals surface area contributed by atoms with Gasteiger partial charge in [0.1, 0.15) is 17.3 Å². The van der Waals surface area contributed by atoms with E-state index in [2.05, 4.69) is 118 Å². The molecule has 6 rings (SSSR count). The number of hydrogen-bond acceptors (Lipinski definition) is 3. The van der Waals surface area contributed by atoms with Crippen LogP contribution < -0.4 is 10.2 Å². The van der Waals surface area contributed by atoms with Gasteiger partial charge in [-0.2, -0.15) is 0 Å². The van der Waals surface area contributed by atoms with Gasteiger partial charge in [0.2, 0.25) is 0 Å². The van der Waals surface area contributed by atoms with Crippen LogP contribution in [0.4, 0.5) is 17.1 Å². The molecule has 1 unspecified atom stereocenters. The smallest absolute Gasteiger partial charge is 0.135 e. The van der Waals surface area contributed by atoms with Gasteiger partial charge in [-0.25, -0.2) is 0 Å². The highest BCUT2D eigenvalue weighted by Crippen LogP contribution is 2.51. The molecule has 1 atom stereocenters. The molecule has 188 valence electrons. The molecule has 0 radical (unpaired) electrons. The van der Waals surface area contributed by atoms with Crippen LogP contribution in [0.5, 0.6) is 0 Å². The van der Waals surface area contributed by atoms with Crippen molar-refractivity contribution in [3.8, 4) is 0 Å². The maximum atomic E-state index is 6.30. The lowest BCUT2D eigenvalue weighted by Crippen LogP contribution is -2.27. The molecule has 0 bridgehead atoms. The molecule has 0 aliphatic carbocycles. The zero-order valence-electron chi connectivity index (χ0n) is 22.5. The topological polar surface area (TPSA) is 28.4 Å². The number of fused-ring (bicyclic) bond motifs is 4. The van der Waals surface area contributed by atoms with Crippen LogP contribution in [0.3, 0.4) is 0 Å². The SMILES string of the molecule is CCCc1cc2oc3ccccc3c2cc1C1Nc2ccccc2N1c1c(C(C)C)cccc1C(C)C. The van der Waals surface area contributed by atoms with Crippen molar-refractivity contribution in [3.63, 3.8) is 0 Å². The number of para-hydroxylation sites is 4. The summed E-state index contributed by atoms with van der Waals surface area (Å²) >= 11 is 0. The van der Waals surface area contributed by atoms with Gasteiger partial charge in [0.25, 0.3) is 0 Å². The van der Waals surface area contributed by atoms with Crippen molar-refractivity contribution in [2.45, 2.75) is 65.5 Å². The fraction of sp³-hybridized carbons (Fsp3) is 0.294. The van der Waals surface area contributed by atoms with Crippen LogP contribution in [0.2, 0.25) is 0 Å². The largest absolute Gasteiger partial charge is 0.456 e. The van der Waals surface area contributed by atoms with E-state index in [1.54, 1.807) is 0 Å². The minimum atomic E-state index is -0.00517. The Hall–Kier alpha value is -3.72. The summed E-state index contributed by atoms with van der Waals surface area (Å²) in [5.41, 5.74) is 11.1. The predicted octanol–water partition coefficient (Wildman–Crippen LogP) is 10.0. The Kier molecular flexibility index (Phi) is 5.95. The van der Waals surface area contributed by atoms with Crippen LogP contribution in [-0.4, -0.2) is 0 Å². The lowest BCUT2D eigenvalue weighted by atomic mass is 9.90. The second kappa shape index (κ2) is 9.30. The van der Waals surface area contributed by atoms with Crippen molar-refractivity contribution in [1.82, 2.24) is 0 Å². The quantitative estimate of drug-likeness (QED) is 0.258. The molecule has 0 saturated heterocycles. The van der Waals surface area contributed by atoms with Crippen LogP contribution in [0, 0.1) is 0 Å². The number of nitrogens with zero attached hydrogens (tertiary/aromatic N) is 1. The Morgan fingerprint density at radius 3 is 2.22 bits per heavy atom. The summed E-state index contributed by atoms with van der Waals surface area (Å²) in [4.78, 5) is 2.57. The zero-order valence-corrected chi connectivity index (χ0v) is 22.5. The van der Waals surface area contributed by atoms with E-state index in [-0.39, 0.29) is 6.17 Å². The summed E-state index contributed by atoms with van der Waals surface area (Å²) in [7, 11) is 0. The molecule has 3 nitrogen and oxygen atoms in total. The van der Waals surface area contributed by atoms with Crippen LogP contribution in [0.1, 0.15) is 81.3 Å². The van der Waals surface area contributed by atoms with Crippen molar-refractivity contribution < 1.29 is 4.42 Å². The number of furan rings is 1. The average Bonchev–Trinajstić information content (AvgIpc) is 3.45. The Morgan fingerprint density at radius 2 is 1.49 bits per heavy atom. The highest BCUT2D eigenvalue weighted by Gasteiger charge is 2.35. The molecule has 4 aromatic carbocycles. The summed E-state index contributed by atoms with van der Waals surface area (Å²) in [5.74, 6) is 0.829. The maximum absolute atomic E-state index is 6.30. The Bertz CT molecular complexity index is 1570. The van der Waals surface area contributed by atoms with E-state index in [0.717, 1.165) is 24.0 Å². The van der Waals surface area contributed by atoms with E-state index < -0.39 is 0 Å². The molecule has 0 saturated carbocycles. The van der Waals surface area contributed by atoms with Crippen molar-refractivity contribution in [2.24, 2.45) is 0 Å². The van der Waals surface area contributed by atoms with E-state index in [0.29, 0.717) is 11.8 Å². The molecule has 5 aromatic rings. The normalized spacial score (nSPS) is 15.2. The molecular weight excluding hydrogens is 452 g/mol. The van der Waals surface area contributed by atoms with Gasteiger partial charge >= 0.3 is 0 Å². The average molecular weight is 489 g/mol. The first-order valence-electron chi connectivity index (χ1n) is 13.7. The molecule has 3 heteroatoms. The van der Waals surface area contributed by atoms with Crippen LogP contribution in [-0.2, 0) is 6.42 Å². The molecule has 0 fully saturated rings. The van der Waals surface area contributed by atoms with E-state index >= 15 is 0 Å². The lowest BCUT2D eigenvalue weighted by molar-refractivity contribution is 0.667. The van der Waals surface area contributed by atoms with Gasteiger partial charge < -0.3 is 14.6 Å². The molecule has 1 aromatic heterocycles. The van der Waals surface area contributed by atoms with Crippen LogP contribution in [0.25, 0.3) is 21.9 Å². The minimum Gasteiger partial charge on any atom is -0.456 e. The number of hydrogen-bond donors (Lipinski definition) is 1. The molecule has 37 heavy (non-hydrogen) atoms. The first-order valence-corrected chi connectivity index (χ1v) is 13.7. The molecule has 0 spiro atoms. The second-order valence-electron chi connectivity index (χ2n) is 10.9. The molecular formula is C34H36N2O. The molecule has 0 amide bonds. The molecule has 1 N–H and O–H groups in total. The third-order valence-electron chi connectivity index (χ3n) is 7.75. The third-order valence-corrected chi connectivity index (χ3v) is 7.75. The van der Waals surface area contributed by atoms with E-state index in [9.17, 15) is 0 Å². The van der Waals surface area contributed by atoms with Gasteiger partial charge in [-0.05, 0) is 70.8 Å². The standard InChI is InChI=1S/C34H36N2O/c1-6-12-23-19-32-28(26-13-7-10-18-31(26)37-32)20-27(23)34-35-29-16-8-9-17-30(29)36(34)33-24(21(2)3)14-11-15-25(33)22(4)5/h7-11,13-22,34-35H,6,12H2,1-5H3. The minimum absolute atomic E-state index is 0.00517. The van der Waals surface area contributed by atoms with Crippen LogP contribution >= 0.6 is 0 Å². The fourth-order valence-electron chi connectivity index (χ4n) is 5.98. The second-order valence-corrected chi connectivity index (χ2v) is 10.9. The molecule has 2 heterocycles. The van der Waals surface area contributed by atoms with Crippen molar-refractivity contribution in [3.05, 3.63) is 101 Å². The third kappa shape index (κ3) is 3.89. The number of anilines is 3. The Morgan fingerprint density at radius 1 is 0.784 bits per heavy atom. The summed E-state index contributed by atoms with van der Waals surface area (Å²) in [6.07, 6.45) is 2.08. The Balaban J connectivity index is 1.64. The van der Waals surface area contributed by atoms with Crippen molar-refractivity contribution in [2.75, 3.05) is 10.2 Å². The van der Waals surface area contributed by atoms with Crippen LogP contribution in [0.15, 0.2) is 83.3 Å². The number of benzene rings is 4. The van der Waals surface area contributed by atoms with Crippen molar-refractivity contribution >= 4 is 39.0 Å². The van der Waals surface area contributed by atoms with E-state index in [4.69, 9.17) is 4.42 Å².